The molecule has 0 aliphatic carbocycles. The van der Waals surface area contributed by atoms with E-state index in [1.165, 1.54) is 15.6 Å². The van der Waals surface area contributed by atoms with Crippen molar-refractivity contribution in [2.45, 2.75) is 52.4 Å². The molecule has 1 aromatic carbocycles. The molecule has 0 aliphatic rings. The second-order valence-electron chi connectivity index (χ2n) is 6.30. The number of benzene rings is 1. The minimum atomic E-state index is 0. The quantitative estimate of drug-likeness (QED) is 0.665. The van der Waals surface area contributed by atoms with Crippen molar-refractivity contribution in [3.05, 3.63) is 29.3 Å². The molecule has 0 fully saturated rings. The Morgan fingerprint density at radius 3 is 1.65 bits per heavy atom. The van der Waals surface area contributed by atoms with Crippen LogP contribution in [0.1, 0.15) is 52.7 Å². The Labute approximate surface area is 113 Å². The normalized spacial score (nSPS) is 11.5. The molecule has 1 rings (SSSR count). The summed E-state index contributed by atoms with van der Waals surface area (Å²) in [6.45, 7) is 13.6. The molecule has 2 nitrogen and oxygen atoms in total. The van der Waals surface area contributed by atoms with E-state index in [0.29, 0.717) is 0 Å². The van der Waals surface area contributed by atoms with E-state index in [1.807, 2.05) is 0 Å². The summed E-state index contributed by atoms with van der Waals surface area (Å²) in [7, 11) is 0. The van der Waals surface area contributed by atoms with Gasteiger partial charge in [-0.05, 0) is 0 Å². The SMILES string of the molecule is CC(C)(C)c1cc[c]([Al+2])c(C(C)(C)C)c1.[OH-].[OH-]. The van der Waals surface area contributed by atoms with Gasteiger partial charge >= 0.3 is 102 Å². The Kier molecular flexibility index (Phi) is 6.74. The maximum absolute atomic E-state index is 2.84. The van der Waals surface area contributed by atoms with Crippen LogP contribution in [0, 0.1) is 0 Å². The summed E-state index contributed by atoms with van der Waals surface area (Å²) >= 11 is 2.84. The summed E-state index contributed by atoms with van der Waals surface area (Å²) in [4.78, 5) is 0. The number of hydrogen-bond acceptors (Lipinski definition) is 2. The summed E-state index contributed by atoms with van der Waals surface area (Å²) in [5.74, 6) is 0. The molecule has 0 spiro atoms. The maximum atomic E-state index is 2.84. The summed E-state index contributed by atoms with van der Waals surface area (Å²) in [5.41, 5.74) is 3.30. The van der Waals surface area contributed by atoms with Gasteiger partial charge in [-0.1, -0.05) is 0 Å². The summed E-state index contributed by atoms with van der Waals surface area (Å²) in [6.07, 6.45) is 0. The molecule has 0 saturated heterocycles. The third kappa shape index (κ3) is 4.81. The van der Waals surface area contributed by atoms with E-state index in [2.05, 4.69) is 76.0 Å². The first-order chi connectivity index (χ1) is 6.62. The first-order valence-corrected chi connectivity index (χ1v) is 6.10. The number of hydrogen-bond donors (Lipinski definition) is 0. The molecule has 1 aromatic rings. The molecule has 0 bridgehead atoms. The molecule has 0 radical (unpaired) electrons. The molecule has 0 unspecified atom stereocenters. The molecule has 0 aliphatic heterocycles. The summed E-state index contributed by atoms with van der Waals surface area (Å²) in [5, 5.41) is 0. The molecule has 17 heavy (non-hydrogen) atoms. The molecular formula is C14H23AlO2. The van der Waals surface area contributed by atoms with Crippen molar-refractivity contribution in [3.8, 4) is 0 Å². The fraction of sp³-hybridized carbons (Fsp3) is 0.571. The fourth-order valence-corrected chi connectivity index (χ4v) is 2.28. The van der Waals surface area contributed by atoms with E-state index in [4.69, 9.17) is 0 Å². The monoisotopic (exact) mass is 250 g/mol. The van der Waals surface area contributed by atoms with Gasteiger partial charge in [-0.15, -0.1) is 0 Å². The summed E-state index contributed by atoms with van der Waals surface area (Å²) in [6, 6.07) is 6.80. The average molecular weight is 250 g/mol. The third-order valence-electron chi connectivity index (χ3n) is 2.73. The van der Waals surface area contributed by atoms with E-state index >= 15 is 0 Å². The van der Waals surface area contributed by atoms with Crippen molar-refractivity contribution in [2.24, 2.45) is 0 Å². The molecule has 0 saturated carbocycles. The molecular weight excluding hydrogens is 227 g/mol. The van der Waals surface area contributed by atoms with Crippen molar-refractivity contribution < 1.29 is 11.0 Å². The van der Waals surface area contributed by atoms with E-state index in [-0.39, 0.29) is 21.8 Å². The van der Waals surface area contributed by atoms with Crippen LogP contribution in [0.4, 0.5) is 0 Å². The first kappa shape index (κ1) is 19.0. The zero-order chi connectivity index (χ0) is 11.9. The molecule has 0 atom stereocenters. The van der Waals surface area contributed by atoms with Gasteiger partial charge in [-0.2, -0.15) is 0 Å². The van der Waals surface area contributed by atoms with Crippen LogP contribution >= 0.6 is 0 Å². The van der Waals surface area contributed by atoms with Crippen LogP contribution in [0.25, 0.3) is 0 Å². The minimum Gasteiger partial charge on any atom is -0.870 e. The molecule has 3 heteroatoms. The van der Waals surface area contributed by atoms with Gasteiger partial charge in [-0.25, -0.2) is 0 Å². The summed E-state index contributed by atoms with van der Waals surface area (Å²) < 4.78 is 1.32. The smallest absolute Gasteiger partial charge is 0.870 e. The molecule has 94 valence electrons. The molecule has 0 amide bonds. The Morgan fingerprint density at radius 1 is 0.824 bits per heavy atom. The van der Waals surface area contributed by atoms with E-state index in [0.717, 1.165) is 0 Å². The van der Waals surface area contributed by atoms with Gasteiger partial charge in [0.1, 0.15) is 0 Å². The molecule has 0 heterocycles. The van der Waals surface area contributed by atoms with Gasteiger partial charge in [0.15, 0.2) is 0 Å². The predicted octanol–water partition coefficient (Wildman–Crippen LogP) is 2.72. The van der Waals surface area contributed by atoms with Crippen LogP contribution in [-0.2, 0) is 10.8 Å². The third-order valence-corrected chi connectivity index (χ3v) is 3.23. The van der Waals surface area contributed by atoms with Gasteiger partial charge in [0, 0.05) is 0 Å². The van der Waals surface area contributed by atoms with E-state index in [1.54, 1.807) is 0 Å². The van der Waals surface area contributed by atoms with Gasteiger partial charge in [0.2, 0.25) is 0 Å². The maximum Gasteiger partial charge on any atom is -0.870 e. The second kappa shape index (κ2) is 6.02. The Bertz CT molecular complexity index is 359. The van der Waals surface area contributed by atoms with Crippen molar-refractivity contribution in [1.82, 2.24) is 0 Å². The Morgan fingerprint density at radius 2 is 1.29 bits per heavy atom. The van der Waals surface area contributed by atoms with Gasteiger partial charge in [-0.3, -0.25) is 0 Å². The molecule has 0 aromatic heterocycles. The van der Waals surface area contributed by atoms with Gasteiger partial charge < -0.3 is 11.0 Å². The van der Waals surface area contributed by atoms with Crippen molar-refractivity contribution in [1.29, 1.82) is 0 Å². The van der Waals surface area contributed by atoms with Crippen LogP contribution in [0.5, 0.6) is 0 Å². The predicted molar refractivity (Wildman–Crippen MR) is 73.1 cm³/mol. The second-order valence-corrected chi connectivity index (χ2v) is 6.92. The first-order valence-electron chi connectivity index (χ1n) is 5.53. The van der Waals surface area contributed by atoms with Crippen molar-refractivity contribution in [3.63, 3.8) is 0 Å². The van der Waals surface area contributed by atoms with Crippen LogP contribution in [0.2, 0.25) is 0 Å². The minimum absolute atomic E-state index is 0. The Hall–Kier alpha value is -0.328. The van der Waals surface area contributed by atoms with Crippen LogP contribution in [-0.4, -0.2) is 27.2 Å². The molecule has 2 N–H and O–H groups in total. The van der Waals surface area contributed by atoms with Crippen molar-refractivity contribution >= 4 is 20.7 Å². The Balaban J connectivity index is 0. The topological polar surface area (TPSA) is 60.0 Å². The average Bonchev–Trinajstić information content (AvgIpc) is 2.00. The van der Waals surface area contributed by atoms with E-state index < -0.39 is 0 Å². The zero-order valence-electron chi connectivity index (χ0n) is 11.7. The van der Waals surface area contributed by atoms with Gasteiger partial charge in [0.25, 0.3) is 0 Å². The number of rotatable bonds is 0. The standard InChI is InChI=1S/C14H21.Al.2H2O/c1-13(2,3)11-8-7-9-12(10-11)14(4,5)6;;;/h7-8,10H,1-6H3;;2*1H2/q;+2;;/p-2. The van der Waals surface area contributed by atoms with Crippen LogP contribution < -0.4 is 4.43 Å². The van der Waals surface area contributed by atoms with Crippen LogP contribution in [0.15, 0.2) is 18.2 Å². The van der Waals surface area contributed by atoms with E-state index in [9.17, 15) is 0 Å². The van der Waals surface area contributed by atoms with Gasteiger partial charge in [0.05, 0.1) is 0 Å². The zero-order valence-corrected chi connectivity index (χ0v) is 12.9. The van der Waals surface area contributed by atoms with Crippen molar-refractivity contribution in [2.75, 3.05) is 0 Å². The van der Waals surface area contributed by atoms with Crippen LogP contribution in [0.3, 0.4) is 0 Å². The largest absolute Gasteiger partial charge is 0.870 e. The fourth-order valence-electron chi connectivity index (χ4n) is 1.67.